The Morgan fingerprint density at radius 1 is 1.15 bits per heavy atom. The van der Waals surface area contributed by atoms with Crippen LogP contribution >= 0.6 is 22.6 Å². The summed E-state index contributed by atoms with van der Waals surface area (Å²) in [6, 6.07) is 10.3. The number of H-pyrrole nitrogens is 1. The molecule has 2 heterocycles. The van der Waals surface area contributed by atoms with E-state index in [1.807, 2.05) is 0 Å². The minimum Gasteiger partial charge on any atom is -0.476 e. The number of benzene rings is 1. The Bertz CT molecular complexity index is 779. The number of pyridine rings is 1. The second kappa shape index (κ2) is 10.3. The summed E-state index contributed by atoms with van der Waals surface area (Å²) in [6.45, 7) is 3.50. The number of aryl methyl sites for hydroxylation is 3. The standard InChI is InChI=1S/C22H28INO3/c1-2-5-16-7-9-17(10-8-16)11-12-19-22(23)20(25)14-21(24-19)27-15-18-6-3-4-13-26-18/h7-10,14,18H,2-6,11-13,15H2,1H3,(H,24,25). The third kappa shape index (κ3) is 6.07. The Morgan fingerprint density at radius 3 is 2.56 bits per heavy atom. The van der Waals surface area contributed by atoms with Crippen molar-refractivity contribution in [1.82, 2.24) is 4.98 Å². The molecule has 4 nitrogen and oxygen atoms in total. The second-order valence-corrected chi connectivity index (χ2v) is 8.24. The third-order valence-corrected chi connectivity index (χ3v) is 6.12. The topological polar surface area (TPSA) is 51.3 Å². The molecule has 0 bridgehead atoms. The highest BCUT2D eigenvalue weighted by atomic mass is 127. The van der Waals surface area contributed by atoms with E-state index in [1.165, 1.54) is 17.5 Å². The van der Waals surface area contributed by atoms with Gasteiger partial charge in [0, 0.05) is 18.4 Å². The van der Waals surface area contributed by atoms with Crippen molar-refractivity contribution in [3.8, 4) is 5.88 Å². The van der Waals surface area contributed by atoms with Crippen molar-refractivity contribution in [1.29, 1.82) is 0 Å². The number of aromatic nitrogens is 1. The summed E-state index contributed by atoms with van der Waals surface area (Å²) in [5.74, 6) is 0.544. The van der Waals surface area contributed by atoms with Crippen LogP contribution in [-0.4, -0.2) is 24.3 Å². The molecule has 1 unspecified atom stereocenters. The molecule has 0 amide bonds. The van der Waals surface area contributed by atoms with Gasteiger partial charge in [0.2, 0.25) is 0 Å². The number of hydrogen-bond donors (Lipinski definition) is 1. The van der Waals surface area contributed by atoms with Gasteiger partial charge in [-0.2, -0.15) is 0 Å². The van der Waals surface area contributed by atoms with Gasteiger partial charge < -0.3 is 14.5 Å². The molecule has 1 fully saturated rings. The number of nitrogens with one attached hydrogen (secondary N) is 1. The van der Waals surface area contributed by atoms with Gasteiger partial charge in [-0.25, -0.2) is 0 Å². The average molecular weight is 481 g/mol. The predicted octanol–water partition coefficient (Wildman–Crippen LogP) is 4.67. The van der Waals surface area contributed by atoms with E-state index in [0.29, 0.717) is 12.5 Å². The first-order chi connectivity index (χ1) is 13.2. The Morgan fingerprint density at radius 2 is 1.89 bits per heavy atom. The van der Waals surface area contributed by atoms with Crippen molar-refractivity contribution in [2.75, 3.05) is 13.2 Å². The van der Waals surface area contributed by atoms with Gasteiger partial charge in [-0.3, -0.25) is 4.79 Å². The lowest BCUT2D eigenvalue weighted by Gasteiger charge is -2.22. The molecule has 146 valence electrons. The second-order valence-electron chi connectivity index (χ2n) is 7.16. The highest BCUT2D eigenvalue weighted by molar-refractivity contribution is 14.1. The average Bonchev–Trinajstić information content (AvgIpc) is 2.70. The van der Waals surface area contributed by atoms with Gasteiger partial charge in [0.15, 0.2) is 11.3 Å². The van der Waals surface area contributed by atoms with E-state index < -0.39 is 0 Å². The molecule has 1 N–H and O–H groups in total. The zero-order valence-corrected chi connectivity index (χ0v) is 18.1. The quantitative estimate of drug-likeness (QED) is 0.558. The zero-order valence-electron chi connectivity index (χ0n) is 15.9. The van der Waals surface area contributed by atoms with Crippen LogP contribution in [0.1, 0.15) is 49.4 Å². The summed E-state index contributed by atoms with van der Waals surface area (Å²) < 4.78 is 12.3. The van der Waals surface area contributed by atoms with E-state index in [9.17, 15) is 4.79 Å². The first-order valence-corrected chi connectivity index (χ1v) is 11.0. The SMILES string of the molecule is CCCc1ccc(CCc2[nH]c(OCC3CCCCO3)cc(=O)c2I)cc1. The van der Waals surface area contributed by atoms with Gasteiger partial charge in [-0.1, -0.05) is 37.6 Å². The summed E-state index contributed by atoms with van der Waals surface area (Å²) in [4.78, 5) is 15.6. The summed E-state index contributed by atoms with van der Waals surface area (Å²) in [6.07, 6.45) is 7.43. The van der Waals surface area contributed by atoms with Crippen LogP contribution in [0.5, 0.6) is 5.88 Å². The summed E-state index contributed by atoms with van der Waals surface area (Å²) in [7, 11) is 0. The van der Waals surface area contributed by atoms with Crippen molar-refractivity contribution >= 4 is 22.6 Å². The molecule has 1 aromatic heterocycles. The molecule has 0 aliphatic carbocycles. The van der Waals surface area contributed by atoms with Gasteiger partial charge in [0.1, 0.15) is 6.61 Å². The summed E-state index contributed by atoms with van der Waals surface area (Å²) in [5.41, 5.74) is 3.63. The molecule has 27 heavy (non-hydrogen) atoms. The lowest BCUT2D eigenvalue weighted by Crippen LogP contribution is -2.26. The van der Waals surface area contributed by atoms with Crippen molar-refractivity contribution in [3.63, 3.8) is 0 Å². The van der Waals surface area contributed by atoms with Crippen LogP contribution in [0.2, 0.25) is 0 Å². The molecule has 3 rings (SSSR count). The maximum absolute atomic E-state index is 12.3. The smallest absolute Gasteiger partial charge is 0.198 e. The number of aromatic amines is 1. The molecule has 1 aromatic carbocycles. The maximum Gasteiger partial charge on any atom is 0.198 e. The molecule has 0 radical (unpaired) electrons. The predicted molar refractivity (Wildman–Crippen MR) is 117 cm³/mol. The molecule has 1 atom stereocenters. The highest BCUT2D eigenvalue weighted by Gasteiger charge is 2.15. The normalized spacial score (nSPS) is 17.0. The fourth-order valence-corrected chi connectivity index (χ4v) is 3.93. The fourth-order valence-electron chi connectivity index (χ4n) is 3.37. The molecule has 5 heteroatoms. The molecule has 1 aliphatic heterocycles. The van der Waals surface area contributed by atoms with E-state index in [2.05, 4.69) is 58.8 Å². The van der Waals surface area contributed by atoms with Crippen LogP contribution in [0, 0.1) is 3.57 Å². The van der Waals surface area contributed by atoms with Crippen LogP contribution in [-0.2, 0) is 24.0 Å². The van der Waals surface area contributed by atoms with Gasteiger partial charge in [0.05, 0.1) is 9.67 Å². The lowest BCUT2D eigenvalue weighted by atomic mass is 10.0. The highest BCUT2D eigenvalue weighted by Crippen LogP contribution is 2.17. The number of hydrogen-bond acceptors (Lipinski definition) is 3. The van der Waals surface area contributed by atoms with E-state index in [0.717, 1.165) is 54.4 Å². The van der Waals surface area contributed by atoms with Crippen LogP contribution in [0.15, 0.2) is 35.1 Å². The molecule has 1 saturated heterocycles. The summed E-state index contributed by atoms with van der Waals surface area (Å²) >= 11 is 2.13. The number of rotatable bonds is 8. The van der Waals surface area contributed by atoms with E-state index in [4.69, 9.17) is 9.47 Å². The van der Waals surface area contributed by atoms with Crippen molar-refractivity contribution in [2.24, 2.45) is 0 Å². The van der Waals surface area contributed by atoms with E-state index >= 15 is 0 Å². The van der Waals surface area contributed by atoms with Crippen LogP contribution in [0.25, 0.3) is 0 Å². The molecule has 0 saturated carbocycles. The van der Waals surface area contributed by atoms with Crippen LogP contribution in [0.3, 0.4) is 0 Å². The third-order valence-electron chi connectivity index (χ3n) is 4.94. The van der Waals surface area contributed by atoms with Gasteiger partial charge in [0.25, 0.3) is 0 Å². The maximum atomic E-state index is 12.3. The monoisotopic (exact) mass is 481 g/mol. The Hall–Kier alpha value is -1.34. The zero-order chi connectivity index (χ0) is 19.1. The van der Waals surface area contributed by atoms with Gasteiger partial charge in [-0.05, 0) is 72.2 Å². The molecular formula is C22H28INO3. The van der Waals surface area contributed by atoms with E-state index in [-0.39, 0.29) is 11.5 Å². The van der Waals surface area contributed by atoms with Crippen molar-refractivity contribution in [2.45, 2.75) is 58.0 Å². The Labute approximate surface area is 174 Å². The Balaban J connectivity index is 1.61. The summed E-state index contributed by atoms with van der Waals surface area (Å²) in [5, 5.41) is 0. The largest absolute Gasteiger partial charge is 0.476 e. The Kier molecular flexibility index (Phi) is 7.76. The molecule has 2 aromatic rings. The van der Waals surface area contributed by atoms with E-state index in [1.54, 1.807) is 6.07 Å². The fraction of sp³-hybridized carbons (Fsp3) is 0.500. The molecular weight excluding hydrogens is 453 g/mol. The molecule has 1 aliphatic rings. The minimum absolute atomic E-state index is 0.0159. The first kappa shape index (κ1) is 20.4. The number of ether oxygens (including phenoxy) is 2. The lowest BCUT2D eigenvalue weighted by molar-refractivity contribution is -0.0120. The van der Waals surface area contributed by atoms with Crippen molar-refractivity contribution < 1.29 is 9.47 Å². The number of halogens is 1. The first-order valence-electron chi connectivity index (χ1n) is 9.89. The van der Waals surface area contributed by atoms with Gasteiger partial charge in [-0.15, -0.1) is 0 Å². The van der Waals surface area contributed by atoms with Crippen LogP contribution in [0.4, 0.5) is 0 Å². The minimum atomic E-state index is 0.0159. The van der Waals surface area contributed by atoms with Crippen LogP contribution < -0.4 is 10.2 Å². The van der Waals surface area contributed by atoms with Crippen molar-refractivity contribution in [3.05, 3.63) is 60.9 Å². The molecule has 0 spiro atoms. The van der Waals surface area contributed by atoms with Gasteiger partial charge >= 0.3 is 0 Å².